The summed E-state index contributed by atoms with van der Waals surface area (Å²) in [6, 6.07) is 20.1. The molecule has 3 aromatic rings. The lowest BCUT2D eigenvalue weighted by Crippen LogP contribution is -1.98. The van der Waals surface area contributed by atoms with Crippen molar-refractivity contribution in [2.75, 3.05) is 0 Å². The van der Waals surface area contributed by atoms with E-state index in [1.54, 1.807) is 12.1 Å². The van der Waals surface area contributed by atoms with Crippen LogP contribution in [-0.4, -0.2) is 5.78 Å². The van der Waals surface area contributed by atoms with Crippen molar-refractivity contribution in [2.45, 2.75) is 40.2 Å². The maximum atomic E-state index is 12.8. The smallest absolute Gasteiger partial charge is 0.231 e. The Morgan fingerprint density at radius 3 is 2.30 bits per heavy atom. The van der Waals surface area contributed by atoms with Gasteiger partial charge in [0.05, 0.1) is 5.56 Å². The minimum absolute atomic E-state index is 0.0916. The first-order valence-electron chi connectivity index (χ1n) is 10.3. The first-order chi connectivity index (χ1) is 14.4. The van der Waals surface area contributed by atoms with Gasteiger partial charge in [-0.2, -0.15) is 0 Å². The van der Waals surface area contributed by atoms with E-state index in [0.717, 1.165) is 22.4 Å². The minimum atomic E-state index is -0.0916. The number of benzene rings is 3. The van der Waals surface area contributed by atoms with Gasteiger partial charge in [-0.3, -0.25) is 4.79 Å². The second-order valence-electron chi connectivity index (χ2n) is 8.10. The molecule has 1 aliphatic rings. The maximum absolute atomic E-state index is 12.8. The Labute approximate surface area is 178 Å². The zero-order valence-electron chi connectivity index (χ0n) is 17.9. The molecule has 0 unspecified atom stereocenters. The van der Waals surface area contributed by atoms with Crippen molar-refractivity contribution in [3.05, 3.63) is 99.8 Å². The molecule has 0 atom stereocenters. The monoisotopic (exact) mass is 398 g/mol. The zero-order chi connectivity index (χ0) is 21.3. The Kier molecular flexibility index (Phi) is 5.45. The molecule has 1 aliphatic heterocycles. The molecule has 0 saturated carbocycles. The highest BCUT2D eigenvalue weighted by atomic mass is 16.5. The second kappa shape index (κ2) is 8.19. The molecular formula is C27H26O3. The molecule has 0 spiro atoms. The molecular weight excluding hydrogens is 372 g/mol. The topological polar surface area (TPSA) is 35.5 Å². The largest absolute Gasteiger partial charge is 0.488 e. The summed E-state index contributed by atoms with van der Waals surface area (Å²) in [5.74, 6) is 2.05. The summed E-state index contributed by atoms with van der Waals surface area (Å²) < 4.78 is 12.0. The average molecular weight is 399 g/mol. The molecule has 30 heavy (non-hydrogen) atoms. The number of rotatable bonds is 5. The van der Waals surface area contributed by atoms with Gasteiger partial charge < -0.3 is 9.47 Å². The first kappa shape index (κ1) is 20.0. The zero-order valence-corrected chi connectivity index (χ0v) is 17.9. The van der Waals surface area contributed by atoms with Gasteiger partial charge in [-0.05, 0) is 54.7 Å². The van der Waals surface area contributed by atoms with Crippen LogP contribution in [0, 0.1) is 13.8 Å². The summed E-state index contributed by atoms with van der Waals surface area (Å²) in [4.78, 5) is 12.8. The molecule has 3 aromatic carbocycles. The molecule has 3 nitrogen and oxygen atoms in total. The summed E-state index contributed by atoms with van der Waals surface area (Å²) in [6.45, 7) is 8.78. The summed E-state index contributed by atoms with van der Waals surface area (Å²) in [7, 11) is 0. The fourth-order valence-corrected chi connectivity index (χ4v) is 3.50. The Morgan fingerprint density at radius 2 is 1.63 bits per heavy atom. The molecule has 3 heteroatoms. The van der Waals surface area contributed by atoms with E-state index in [-0.39, 0.29) is 5.78 Å². The van der Waals surface area contributed by atoms with Crippen LogP contribution in [0.2, 0.25) is 0 Å². The molecule has 4 rings (SSSR count). The van der Waals surface area contributed by atoms with Crippen molar-refractivity contribution in [1.29, 1.82) is 0 Å². The van der Waals surface area contributed by atoms with E-state index in [2.05, 4.69) is 57.2 Å². The molecule has 1 heterocycles. The normalized spacial score (nSPS) is 14.2. The highest BCUT2D eigenvalue weighted by Gasteiger charge is 2.30. The number of carbonyl (C=O) groups excluding carboxylic acids is 1. The van der Waals surface area contributed by atoms with E-state index >= 15 is 0 Å². The number of hydrogen-bond donors (Lipinski definition) is 0. The summed E-state index contributed by atoms with van der Waals surface area (Å²) >= 11 is 0. The van der Waals surface area contributed by atoms with Crippen LogP contribution < -0.4 is 9.47 Å². The highest BCUT2D eigenvalue weighted by Crippen LogP contribution is 2.39. The van der Waals surface area contributed by atoms with E-state index in [4.69, 9.17) is 9.47 Å². The van der Waals surface area contributed by atoms with E-state index in [0.29, 0.717) is 29.6 Å². The van der Waals surface area contributed by atoms with E-state index in [1.807, 2.05) is 25.1 Å². The number of allylic oxidation sites excluding steroid dienone is 1. The Balaban J connectivity index is 1.53. The fraction of sp³-hybridized carbons (Fsp3) is 0.222. The molecule has 0 N–H and O–H groups in total. The fourth-order valence-electron chi connectivity index (χ4n) is 3.50. The molecule has 0 aliphatic carbocycles. The van der Waals surface area contributed by atoms with Gasteiger partial charge in [-0.25, -0.2) is 0 Å². The van der Waals surface area contributed by atoms with Crippen molar-refractivity contribution in [3.63, 3.8) is 0 Å². The molecule has 0 aromatic heterocycles. The number of hydrogen-bond acceptors (Lipinski definition) is 3. The summed E-state index contributed by atoms with van der Waals surface area (Å²) in [5, 5.41) is 0. The summed E-state index contributed by atoms with van der Waals surface area (Å²) in [5.41, 5.74) is 5.96. The SMILES string of the molecule is Cc1ccc(COc2ccc3c(c2C)O/C(=C\c2ccc(C(C)C)cc2)C3=O)cc1. The molecule has 152 valence electrons. The number of fused-ring (bicyclic) bond motifs is 1. The van der Waals surface area contributed by atoms with Crippen LogP contribution in [0.15, 0.2) is 66.4 Å². The lowest BCUT2D eigenvalue weighted by atomic mass is 10.0. The van der Waals surface area contributed by atoms with Crippen LogP contribution in [0.5, 0.6) is 11.5 Å². The predicted molar refractivity (Wildman–Crippen MR) is 120 cm³/mol. The van der Waals surface area contributed by atoms with Crippen molar-refractivity contribution in [2.24, 2.45) is 0 Å². The lowest BCUT2D eigenvalue weighted by molar-refractivity contribution is 0.101. The van der Waals surface area contributed by atoms with Crippen LogP contribution in [-0.2, 0) is 6.61 Å². The predicted octanol–water partition coefficient (Wildman–Crippen LogP) is 6.62. The molecule has 0 radical (unpaired) electrons. The maximum Gasteiger partial charge on any atom is 0.231 e. The Hall–Kier alpha value is -3.33. The van der Waals surface area contributed by atoms with Crippen molar-refractivity contribution < 1.29 is 14.3 Å². The number of carbonyl (C=O) groups is 1. The van der Waals surface area contributed by atoms with Crippen LogP contribution in [0.3, 0.4) is 0 Å². The Bertz CT molecular complexity index is 1100. The van der Waals surface area contributed by atoms with Gasteiger partial charge >= 0.3 is 0 Å². The van der Waals surface area contributed by atoms with E-state index in [9.17, 15) is 4.79 Å². The number of ketones is 1. The number of aryl methyl sites for hydroxylation is 1. The van der Waals surface area contributed by atoms with Crippen LogP contribution >= 0.6 is 0 Å². The second-order valence-corrected chi connectivity index (χ2v) is 8.10. The van der Waals surface area contributed by atoms with Crippen LogP contribution in [0.1, 0.15) is 57.9 Å². The van der Waals surface area contributed by atoms with Crippen molar-refractivity contribution in [3.8, 4) is 11.5 Å². The van der Waals surface area contributed by atoms with Gasteiger partial charge in [0.1, 0.15) is 18.1 Å². The van der Waals surface area contributed by atoms with E-state index < -0.39 is 0 Å². The molecule has 0 saturated heterocycles. The minimum Gasteiger partial charge on any atom is -0.488 e. The molecule has 0 fully saturated rings. The average Bonchev–Trinajstić information content (AvgIpc) is 3.05. The van der Waals surface area contributed by atoms with Gasteiger partial charge in [-0.1, -0.05) is 67.9 Å². The van der Waals surface area contributed by atoms with Gasteiger partial charge in [0.25, 0.3) is 0 Å². The van der Waals surface area contributed by atoms with Crippen molar-refractivity contribution >= 4 is 11.9 Å². The Morgan fingerprint density at radius 1 is 0.933 bits per heavy atom. The number of Topliss-reactive ketones (excluding diaryl/α,β-unsaturated/α-hetero) is 1. The van der Waals surface area contributed by atoms with Gasteiger partial charge in [0.15, 0.2) is 5.76 Å². The van der Waals surface area contributed by atoms with Crippen LogP contribution in [0.4, 0.5) is 0 Å². The number of ether oxygens (including phenoxy) is 2. The highest BCUT2D eigenvalue weighted by molar-refractivity contribution is 6.14. The first-order valence-corrected chi connectivity index (χ1v) is 10.3. The third-order valence-corrected chi connectivity index (χ3v) is 5.45. The van der Waals surface area contributed by atoms with E-state index in [1.165, 1.54) is 11.1 Å². The molecule has 0 amide bonds. The quantitative estimate of drug-likeness (QED) is 0.453. The standard InChI is InChI=1S/C27H26O3/c1-17(2)22-11-9-20(10-12-22)15-25-26(28)23-13-14-24(19(4)27(23)30-25)29-16-21-7-5-18(3)6-8-21/h5-15,17H,16H2,1-4H3/b25-15-. The van der Waals surface area contributed by atoms with Gasteiger partial charge in [0, 0.05) is 5.56 Å². The summed E-state index contributed by atoms with van der Waals surface area (Å²) in [6.07, 6.45) is 1.80. The third-order valence-electron chi connectivity index (χ3n) is 5.45. The van der Waals surface area contributed by atoms with Gasteiger partial charge in [0.2, 0.25) is 5.78 Å². The third kappa shape index (κ3) is 4.02. The van der Waals surface area contributed by atoms with Crippen molar-refractivity contribution in [1.82, 2.24) is 0 Å². The van der Waals surface area contributed by atoms with Crippen LogP contribution in [0.25, 0.3) is 6.08 Å². The lowest BCUT2D eigenvalue weighted by Gasteiger charge is -2.11. The molecule has 0 bridgehead atoms. The van der Waals surface area contributed by atoms with Gasteiger partial charge in [-0.15, -0.1) is 0 Å².